The number of thioether (sulfide) groups is 2. The molecule has 2 saturated carbocycles. The summed E-state index contributed by atoms with van der Waals surface area (Å²) >= 11 is 8.42. The number of halogens is 6. The summed E-state index contributed by atoms with van der Waals surface area (Å²) in [5.74, 6) is -2.13. The topological polar surface area (TPSA) is 141 Å². The summed E-state index contributed by atoms with van der Waals surface area (Å²) in [4.78, 5) is 32.2. The quantitative estimate of drug-likeness (QED) is 0.141. The number of benzene rings is 2. The fourth-order valence-electron chi connectivity index (χ4n) is 9.21. The number of hydrogen-bond donors (Lipinski definition) is 2. The Morgan fingerprint density at radius 1 is 0.844 bits per heavy atom. The monoisotopic (exact) mass is 937 g/mol. The van der Waals surface area contributed by atoms with Gasteiger partial charge in [0.05, 0.1) is 46.6 Å². The Balaban J connectivity index is 0.000000176. The lowest BCUT2D eigenvalue weighted by Gasteiger charge is -2.35. The summed E-state index contributed by atoms with van der Waals surface area (Å²) < 4.78 is 83.2. The van der Waals surface area contributed by atoms with Gasteiger partial charge in [-0.1, -0.05) is 47.3 Å². The van der Waals surface area contributed by atoms with E-state index >= 15 is 4.39 Å². The van der Waals surface area contributed by atoms with Crippen LogP contribution in [-0.4, -0.2) is 81.2 Å². The average Bonchev–Trinajstić information content (AvgIpc) is 4.13. The van der Waals surface area contributed by atoms with Gasteiger partial charge in [0, 0.05) is 49.4 Å². The standard InChI is InChI=1S/C25H26F2N4O2S.C21H19ClF3N3OS/c1-24(21-13-25(21,34-23(28)30-24)22(32)31-9-3-4-10-31)17-11-15(5-7-18(17)26)12-19(27)20-8-6-16(33-2)14-29-20;1-29-11-20-8-18(20)21(10-23,28-19(26)30-20)14-6-12(2-4-15(14)24)7-16(25)17-5-3-13(22)9-27-17/h5-8,11-12,14,21H,3-4,9-10,13H2,1-2H3,(H2,28,30);2-7,9,18H,8,10-11H2,1H3,(H2,26,28)/b19-12-;16-7-/t21-,24+,25-;18-,20-,21-/m01/s1. The minimum Gasteiger partial charge on any atom is -0.495 e. The number of ether oxygens (including phenoxy) is 2. The zero-order valence-electron chi connectivity index (χ0n) is 35.1. The third-order valence-electron chi connectivity index (χ3n) is 12.6. The zero-order chi connectivity index (χ0) is 45.6. The number of carbonyl (C=O) groups is 1. The van der Waals surface area contributed by atoms with E-state index < -0.39 is 50.5 Å². The Kier molecular flexibility index (Phi) is 12.7. The number of amides is 1. The molecule has 2 aromatic heterocycles. The first-order valence-corrected chi connectivity index (χ1v) is 22.5. The van der Waals surface area contributed by atoms with Gasteiger partial charge in [0.1, 0.15) is 46.0 Å². The van der Waals surface area contributed by atoms with Gasteiger partial charge in [0.2, 0.25) is 5.91 Å². The maximum atomic E-state index is 15.1. The van der Waals surface area contributed by atoms with E-state index in [-0.39, 0.29) is 45.0 Å². The van der Waals surface area contributed by atoms with Crippen LogP contribution in [0, 0.1) is 23.5 Å². The SMILES string of the molecule is COC[C@]12C[C@H]1[C@@](CF)(c1cc(/C=C(\F)c3ccc(Cl)cn3)ccc1F)N=C(N)S2.COc1ccc(/C(F)=C/c2ccc(F)c([C@@]3(C)N=C(N)S[C@@]4(C(=O)N5CCCC5)C[C@H]43)c2)nc1. The molecular formula is C46H45ClF5N7O3S2. The Bertz CT molecular complexity index is 2580. The molecule has 5 aliphatic rings. The minimum atomic E-state index is -1.46. The number of aliphatic imine (C=N–C) groups is 2. The molecule has 4 aromatic rings. The third-order valence-corrected chi connectivity index (χ3v) is 15.3. The number of nitrogens with two attached hydrogens (primary N) is 2. The van der Waals surface area contributed by atoms with Crippen molar-refractivity contribution in [3.8, 4) is 5.75 Å². The number of pyridine rings is 2. The number of rotatable bonds is 11. The van der Waals surface area contributed by atoms with E-state index in [1.54, 1.807) is 19.2 Å². The van der Waals surface area contributed by atoms with Gasteiger partial charge in [-0.3, -0.25) is 14.8 Å². The minimum absolute atomic E-state index is 0.0573. The molecule has 3 fully saturated rings. The smallest absolute Gasteiger partial charge is 0.239 e. The predicted molar refractivity (Wildman–Crippen MR) is 244 cm³/mol. The first-order valence-electron chi connectivity index (χ1n) is 20.5. The molecule has 6 atom stereocenters. The highest BCUT2D eigenvalue weighted by Gasteiger charge is 2.71. The van der Waals surface area contributed by atoms with E-state index in [0.29, 0.717) is 46.9 Å². The molecule has 5 heterocycles. The van der Waals surface area contributed by atoms with Crippen LogP contribution in [0.3, 0.4) is 0 Å². The summed E-state index contributed by atoms with van der Waals surface area (Å²) in [7, 11) is 3.07. The van der Waals surface area contributed by atoms with E-state index in [9.17, 15) is 22.4 Å². The molecule has 0 radical (unpaired) electrons. The zero-order valence-corrected chi connectivity index (χ0v) is 37.5. The molecule has 1 amide bonds. The van der Waals surface area contributed by atoms with E-state index in [1.165, 1.54) is 104 Å². The van der Waals surface area contributed by atoms with E-state index in [0.717, 1.165) is 25.9 Å². The lowest BCUT2D eigenvalue weighted by atomic mass is 9.84. The number of hydrogen-bond acceptors (Lipinski definition) is 11. The largest absolute Gasteiger partial charge is 0.495 e. The Hall–Kier alpha value is -4.97. The van der Waals surface area contributed by atoms with Gasteiger partial charge in [-0.05, 0) is 104 Å². The normalized spacial score (nSPS) is 28.2. The van der Waals surface area contributed by atoms with Crippen LogP contribution in [0.4, 0.5) is 22.0 Å². The van der Waals surface area contributed by atoms with Crippen molar-refractivity contribution in [3.05, 3.63) is 123 Å². The molecule has 336 valence electrons. The van der Waals surface area contributed by atoms with Crippen LogP contribution in [0.2, 0.25) is 5.02 Å². The van der Waals surface area contributed by atoms with Crippen LogP contribution in [-0.2, 0) is 20.6 Å². The third kappa shape index (κ3) is 8.51. The Morgan fingerprint density at radius 2 is 1.45 bits per heavy atom. The Morgan fingerprint density at radius 3 is 2.03 bits per heavy atom. The number of carbonyl (C=O) groups excluding carboxylic acids is 1. The van der Waals surface area contributed by atoms with Crippen molar-refractivity contribution in [3.63, 3.8) is 0 Å². The van der Waals surface area contributed by atoms with Crippen LogP contribution in [0.25, 0.3) is 23.8 Å². The number of alkyl halides is 1. The molecule has 4 N–H and O–H groups in total. The predicted octanol–water partition coefficient (Wildman–Crippen LogP) is 9.33. The van der Waals surface area contributed by atoms with Crippen molar-refractivity contribution in [1.82, 2.24) is 14.9 Å². The van der Waals surface area contributed by atoms with Gasteiger partial charge in [0.15, 0.2) is 10.3 Å². The van der Waals surface area contributed by atoms with Crippen molar-refractivity contribution >= 4 is 75.2 Å². The molecule has 1 saturated heterocycles. The van der Waals surface area contributed by atoms with Gasteiger partial charge in [0.25, 0.3) is 0 Å². The number of amidine groups is 2. The van der Waals surface area contributed by atoms with Crippen LogP contribution in [0.5, 0.6) is 5.75 Å². The van der Waals surface area contributed by atoms with Gasteiger partial charge in [-0.2, -0.15) is 0 Å². The van der Waals surface area contributed by atoms with Gasteiger partial charge in [-0.15, -0.1) is 0 Å². The van der Waals surface area contributed by atoms with Gasteiger partial charge in [-0.25, -0.2) is 31.9 Å². The molecule has 2 aliphatic carbocycles. The second-order valence-electron chi connectivity index (χ2n) is 16.6. The number of methoxy groups -OCH3 is 2. The van der Waals surface area contributed by atoms with Gasteiger partial charge < -0.3 is 25.8 Å². The summed E-state index contributed by atoms with van der Waals surface area (Å²) in [5, 5.41) is 0.850. The molecule has 0 bridgehead atoms. The average molecular weight is 938 g/mol. The van der Waals surface area contributed by atoms with E-state index in [1.807, 2.05) is 11.8 Å². The first-order chi connectivity index (χ1) is 30.6. The highest BCUT2D eigenvalue weighted by Crippen LogP contribution is 2.67. The van der Waals surface area contributed by atoms with Crippen molar-refractivity contribution in [2.75, 3.05) is 40.6 Å². The first kappa shape index (κ1) is 45.6. The molecule has 9 rings (SSSR count). The van der Waals surface area contributed by atoms with E-state index in [4.69, 9.17) is 32.5 Å². The summed E-state index contributed by atoms with van der Waals surface area (Å²) in [6.07, 6.45) is 8.45. The molecule has 3 aliphatic heterocycles. The molecule has 18 heteroatoms. The van der Waals surface area contributed by atoms with Crippen molar-refractivity contribution in [2.24, 2.45) is 33.3 Å². The molecular weight excluding hydrogens is 893 g/mol. The number of likely N-dealkylation sites (tertiary alicyclic amines) is 1. The maximum Gasteiger partial charge on any atom is 0.239 e. The van der Waals surface area contributed by atoms with E-state index in [2.05, 4.69) is 20.0 Å². The Labute approximate surface area is 380 Å². The summed E-state index contributed by atoms with van der Waals surface area (Å²) in [6.45, 7) is 2.74. The lowest BCUT2D eigenvalue weighted by molar-refractivity contribution is -0.130. The van der Waals surface area contributed by atoms with Crippen LogP contribution < -0.4 is 16.2 Å². The van der Waals surface area contributed by atoms with Crippen molar-refractivity contribution < 1.29 is 36.2 Å². The molecule has 64 heavy (non-hydrogen) atoms. The summed E-state index contributed by atoms with van der Waals surface area (Å²) in [6, 6.07) is 14.5. The highest BCUT2D eigenvalue weighted by molar-refractivity contribution is 8.16. The number of fused-ring (bicyclic) bond motifs is 2. The van der Waals surface area contributed by atoms with Gasteiger partial charge >= 0.3 is 0 Å². The highest BCUT2D eigenvalue weighted by atomic mass is 35.5. The fraction of sp³-hybridized carbons (Fsp3) is 0.370. The fourth-order valence-corrected chi connectivity index (χ4v) is 12.2. The second-order valence-corrected chi connectivity index (χ2v) is 19.8. The van der Waals surface area contributed by atoms with Crippen molar-refractivity contribution in [2.45, 2.75) is 53.2 Å². The summed E-state index contributed by atoms with van der Waals surface area (Å²) in [5.41, 5.74) is 11.1. The second kappa shape index (κ2) is 17.8. The molecule has 10 nitrogen and oxygen atoms in total. The lowest BCUT2D eigenvalue weighted by Crippen LogP contribution is -2.45. The number of aromatic nitrogens is 2. The molecule has 0 spiro atoms. The molecule has 2 aromatic carbocycles. The number of nitrogens with zero attached hydrogens (tertiary/aromatic N) is 5. The van der Waals surface area contributed by atoms with Crippen molar-refractivity contribution in [1.29, 1.82) is 0 Å². The molecule has 0 unspecified atom stereocenters. The van der Waals surface area contributed by atoms with Crippen LogP contribution in [0.1, 0.15) is 66.2 Å². The van der Waals surface area contributed by atoms with Crippen LogP contribution >= 0.6 is 35.1 Å². The van der Waals surface area contributed by atoms with Crippen LogP contribution in [0.15, 0.2) is 83.0 Å². The maximum absolute atomic E-state index is 15.1.